The number of ether oxygens (including phenoxy) is 1. The van der Waals surface area contributed by atoms with Gasteiger partial charge in [-0.05, 0) is 66.6 Å². The lowest BCUT2D eigenvalue weighted by atomic mass is 10.0. The maximum atomic E-state index is 6.47. The molecule has 2 atom stereocenters. The summed E-state index contributed by atoms with van der Waals surface area (Å²) >= 11 is 11.7. The van der Waals surface area contributed by atoms with Gasteiger partial charge in [0.05, 0.1) is 15.3 Å². The van der Waals surface area contributed by atoms with Gasteiger partial charge in [-0.3, -0.25) is 0 Å². The molecule has 0 aromatic carbocycles. The lowest BCUT2D eigenvalue weighted by Gasteiger charge is -2.23. The first-order chi connectivity index (χ1) is 8.16. The summed E-state index contributed by atoms with van der Waals surface area (Å²) in [6.45, 7) is 3.07. The normalized spacial score (nSPS) is 22.6. The zero-order valence-electron chi connectivity index (χ0n) is 10.0. The van der Waals surface area contributed by atoms with Crippen molar-refractivity contribution in [2.24, 2.45) is 0 Å². The van der Waals surface area contributed by atoms with Crippen LogP contribution in [0.1, 0.15) is 47.9 Å². The first-order valence-corrected chi connectivity index (χ1v) is 8.23. The summed E-state index contributed by atoms with van der Waals surface area (Å²) in [5, 5.41) is 0.128. The van der Waals surface area contributed by atoms with Crippen molar-refractivity contribution in [2.75, 3.05) is 6.61 Å². The van der Waals surface area contributed by atoms with Gasteiger partial charge in [0.15, 0.2) is 0 Å². The van der Waals surface area contributed by atoms with Crippen LogP contribution in [0.25, 0.3) is 0 Å². The molecule has 2 heterocycles. The molecule has 1 fully saturated rings. The van der Waals surface area contributed by atoms with Crippen LogP contribution in [0, 0.1) is 6.92 Å². The minimum Gasteiger partial charge on any atom is -0.378 e. The Labute approximate surface area is 121 Å². The molecule has 17 heavy (non-hydrogen) atoms. The second kappa shape index (κ2) is 6.55. The summed E-state index contributed by atoms with van der Waals surface area (Å²) in [5.74, 6) is 0. The van der Waals surface area contributed by atoms with Gasteiger partial charge in [-0.25, -0.2) is 0 Å². The third-order valence-corrected chi connectivity index (χ3v) is 5.30. The van der Waals surface area contributed by atoms with Gasteiger partial charge in [-0.15, -0.1) is 22.9 Å². The molecule has 96 valence electrons. The Morgan fingerprint density at radius 1 is 1.59 bits per heavy atom. The zero-order chi connectivity index (χ0) is 12.3. The van der Waals surface area contributed by atoms with Gasteiger partial charge in [0.25, 0.3) is 0 Å². The number of hydrogen-bond acceptors (Lipinski definition) is 2. The quantitative estimate of drug-likeness (QED) is 0.664. The molecule has 0 amide bonds. The van der Waals surface area contributed by atoms with Crippen LogP contribution < -0.4 is 0 Å². The predicted molar refractivity (Wildman–Crippen MR) is 78.2 cm³/mol. The fourth-order valence-electron chi connectivity index (χ4n) is 2.29. The minimum atomic E-state index is 0.128. The van der Waals surface area contributed by atoms with Crippen LogP contribution in [0.2, 0.25) is 0 Å². The Morgan fingerprint density at radius 3 is 3.00 bits per heavy atom. The van der Waals surface area contributed by atoms with Crippen LogP contribution in [-0.4, -0.2) is 12.7 Å². The lowest BCUT2D eigenvalue weighted by Crippen LogP contribution is -2.19. The highest BCUT2D eigenvalue weighted by atomic mass is 79.9. The Hall–Kier alpha value is 0.430. The maximum Gasteiger partial charge on any atom is 0.0704 e. The average molecular weight is 338 g/mol. The van der Waals surface area contributed by atoms with Crippen LogP contribution >= 0.6 is 38.9 Å². The maximum absolute atomic E-state index is 6.47. The van der Waals surface area contributed by atoms with E-state index in [1.165, 1.54) is 33.5 Å². The molecule has 2 unspecified atom stereocenters. The van der Waals surface area contributed by atoms with E-state index in [2.05, 4.69) is 28.9 Å². The second-order valence-electron chi connectivity index (χ2n) is 4.60. The number of halogens is 2. The minimum absolute atomic E-state index is 0.128. The molecule has 1 saturated heterocycles. The van der Waals surface area contributed by atoms with Crippen LogP contribution in [0.4, 0.5) is 0 Å². The monoisotopic (exact) mass is 336 g/mol. The first kappa shape index (κ1) is 13.9. The molecule has 2 rings (SSSR count). The summed E-state index contributed by atoms with van der Waals surface area (Å²) in [6, 6.07) is 2.15. The largest absolute Gasteiger partial charge is 0.378 e. The fraction of sp³-hybridized carbons (Fsp3) is 0.692. The van der Waals surface area contributed by atoms with Crippen molar-refractivity contribution in [1.29, 1.82) is 0 Å². The lowest BCUT2D eigenvalue weighted by molar-refractivity contribution is 0.0100. The molecule has 0 saturated carbocycles. The molecule has 1 aromatic rings. The molecular formula is C13H18BrClOS. The summed E-state index contributed by atoms with van der Waals surface area (Å²) in [6.07, 6.45) is 6.26. The second-order valence-corrected chi connectivity index (χ2v) is 7.76. The SMILES string of the molecule is Cc1sc(Br)cc1C(Cl)CCC1CCCCO1. The predicted octanol–water partition coefficient (Wildman–Crippen LogP) is 5.45. The molecule has 0 radical (unpaired) electrons. The highest BCUT2D eigenvalue weighted by Crippen LogP contribution is 2.36. The molecule has 1 aromatic heterocycles. The van der Waals surface area contributed by atoms with E-state index in [4.69, 9.17) is 16.3 Å². The van der Waals surface area contributed by atoms with Crippen LogP contribution in [0.3, 0.4) is 0 Å². The summed E-state index contributed by atoms with van der Waals surface area (Å²) in [5.41, 5.74) is 1.28. The molecule has 0 N–H and O–H groups in total. The number of rotatable bonds is 4. The number of hydrogen-bond donors (Lipinski definition) is 0. The smallest absolute Gasteiger partial charge is 0.0704 e. The van der Waals surface area contributed by atoms with Crippen molar-refractivity contribution < 1.29 is 4.74 Å². The van der Waals surface area contributed by atoms with E-state index < -0.39 is 0 Å². The number of thiophene rings is 1. The van der Waals surface area contributed by atoms with Gasteiger partial charge in [-0.2, -0.15) is 0 Å². The van der Waals surface area contributed by atoms with Crippen LogP contribution in [0.5, 0.6) is 0 Å². The molecular weight excluding hydrogens is 320 g/mol. The molecule has 4 heteroatoms. The van der Waals surface area contributed by atoms with Crippen molar-refractivity contribution in [2.45, 2.75) is 50.5 Å². The Balaban J connectivity index is 1.84. The van der Waals surface area contributed by atoms with E-state index in [1.54, 1.807) is 11.3 Å². The topological polar surface area (TPSA) is 9.23 Å². The number of alkyl halides is 1. The fourth-order valence-corrected chi connectivity index (χ4v) is 4.48. The zero-order valence-corrected chi connectivity index (χ0v) is 13.2. The van der Waals surface area contributed by atoms with Crippen molar-refractivity contribution in [3.05, 3.63) is 20.3 Å². The van der Waals surface area contributed by atoms with E-state index >= 15 is 0 Å². The van der Waals surface area contributed by atoms with Gasteiger partial charge >= 0.3 is 0 Å². The Bertz CT molecular complexity index is 360. The van der Waals surface area contributed by atoms with E-state index in [-0.39, 0.29) is 5.38 Å². The summed E-state index contributed by atoms with van der Waals surface area (Å²) in [7, 11) is 0. The Kier molecular flexibility index (Phi) is 5.34. The highest BCUT2D eigenvalue weighted by Gasteiger charge is 2.18. The van der Waals surface area contributed by atoms with Gasteiger partial charge < -0.3 is 4.74 Å². The molecule has 1 aliphatic rings. The van der Waals surface area contributed by atoms with Gasteiger partial charge in [0.1, 0.15) is 0 Å². The van der Waals surface area contributed by atoms with Crippen molar-refractivity contribution in [3.63, 3.8) is 0 Å². The van der Waals surface area contributed by atoms with Gasteiger partial charge in [0.2, 0.25) is 0 Å². The van der Waals surface area contributed by atoms with E-state index in [0.29, 0.717) is 6.10 Å². The molecule has 1 nitrogen and oxygen atoms in total. The molecule has 0 aliphatic carbocycles. The standard InChI is InChI=1S/C13H18BrClOS/c1-9-11(8-13(14)17-9)12(15)6-5-10-4-2-3-7-16-10/h8,10,12H,2-7H2,1H3. The average Bonchev–Trinajstić information content (AvgIpc) is 2.67. The van der Waals surface area contributed by atoms with Crippen molar-refractivity contribution in [1.82, 2.24) is 0 Å². The van der Waals surface area contributed by atoms with Crippen LogP contribution in [-0.2, 0) is 4.74 Å². The van der Waals surface area contributed by atoms with Gasteiger partial charge in [0, 0.05) is 11.5 Å². The first-order valence-electron chi connectivity index (χ1n) is 6.18. The van der Waals surface area contributed by atoms with Gasteiger partial charge in [-0.1, -0.05) is 0 Å². The van der Waals surface area contributed by atoms with E-state index in [9.17, 15) is 0 Å². The van der Waals surface area contributed by atoms with E-state index in [1.807, 2.05) is 0 Å². The van der Waals surface area contributed by atoms with E-state index in [0.717, 1.165) is 19.4 Å². The molecule has 1 aliphatic heterocycles. The van der Waals surface area contributed by atoms with Crippen LogP contribution in [0.15, 0.2) is 9.85 Å². The summed E-state index contributed by atoms with van der Waals surface area (Å²) in [4.78, 5) is 1.32. The third kappa shape index (κ3) is 3.95. The third-order valence-electron chi connectivity index (χ3n) is 3.28. The highest BCUT2D eigenvalue weighted by molar-refractivity contribution is 9.11. The number of aryl methyl sites for hydroxylation is 1. The van der Waals surface area contributed by atoms with Crippen molar-refractivity contribution in [3.8, 4) is 0 Å². The summed E-state index contributed by atoms with van der Waals surface area (Å²) < 4.78 is 6.91. The molecule has 0 bridgehead atoms. The Morgan fingerprint density at radius 2 is 2.41 bits per heavy atom. The molecule has 0 spiro atoms. The van der Waals surface area contributed by atoms with Crippen molar-refractivity contribution >= 4 is 38.9 Å².